The molecule has 2 rings (SSSR count). The largest absolute Gasteiger partial charge is 0.494 e. The Hall–Kier alpha value is -1.81. The van der Waals surface area contributed by atoms with Crippen molar-refractivity contribution in [2.24, 2.45) is 0 Å². The number of ether oxygens (including phenoxy) is 1. The zero-order chi connectivity index (χ0) is 12.6. The minimum atomic E-state index is -0.0176. The van der Waals surface area contributed by atoms with Gasteiger partial charge in [0, 0.05) is 17.5 Å². The quantitative estimate of drug-likeness (QED) is 0.812. The van der Waals surface area contributed by atoms with Gasteiger partial charge in [0.15, 0.2) is 0 Å². The van der Waals surface area contributed by atoms with E-state index in [1.807, 2.05) is 47.2 Å². The Morgan fingerprint density at radius 3 is 2.78 bits per heavy atom. The summed E-state index contributed by atoms with van der Waals surface area (Å²) in [5.74, 6) is 0.845. The Bertz CT molecular complexity index is 468. The summed E-state index contributed by atoms with van der Waals surface area (Å²) in [5, 5.41) is 6.60. The lowest BCUT2D eigenvalue weighted by molar-refractivity contribution is 0.0952. The third kappa shape index (κ3) is 3.89. The van der Waals surface area contributed by atoms with Crippen LogP contribution in [0.4, 0.5) is 0 Å². The first-order chi connectivity index (χ1) is 8.86. The molecule has 2 aromatic rings. The van der Waals surface area contributed by atoms with E-state index < -0.39 is 0 Å². The van der Waals surface area contributed by atoms with Crippen molar-refractivity contribution in [1.29, 1.82) is 0 Å². The van der Waals surface area contributed by atoms with E-state index in [0.29, 0.717) is 13.2 Å². The highest BCUT2D eigenvalue weighted by Gasteiger charge is 2.03. The fourth-order valence-corrected chi connectivity index (χ4v) is 2.11. The van der Waals surface area contributed by atoms with Crippen LogP contribution in [0.5, 0.6) is 5.75 Å². The van der Waals surface area contributed by atoms with Crippen LogP contribution >= 0.6 is 11.3 Å². The van der Waals surface area contributed by atoms with E-state index in [2.05, 4.69) is 5.32 Å². The first-order valence-electron chi connectivity index (χ1n) is 5.84. The molecule has 0 spiro atoms. The topological polar surface area (TPSA) is 38.3 Å². The summed E-state index contributed by atoms with van der Waals surface area (Å²) in [6, 6.07) is 11.5. The molecule has 0 aliphatic rings. The van der Waals surface area contributed by atoms with Gasteiger partial charge in [0.25, 0.3) is 5.91 Å². The number of nitrogens with one attached hydrogen (secondary N) is 1. The average Bonchev–Trinajstić information content (AvgIpc) is 2.93. The Labute approximate surface area is 110 Å². The Kier molecular flexibility index (Phi) is 4.78. The second-order valence-corrected chi connectivity index (χ2v) is 4.56. The third-order valence-electron chi connectivity index (χ3n) is 2.40. The first-order valence-corrected chi connectivity index (χ1v) is 6.79. The molecule has 1 N–H and O–H groups in total. The summed E-state index contributed by atoms with van der Waals surface area (Å²) >= 11 is 1.52. The Morgan fingerprint density at radius 2 is 2.06 bits per heavy atom. The number of carbonyl (C=O) groups is 1. The molecule has 18 heavy (non-hydrogen) atoms. The van der Waals surface area contributed by atoms with E-state index in [1.165, 1.54) is 11.3 Å². The number of rotatable bonds is 6. The van der Waals surface area contributed by atoms with E-state index in [1.54, 1.807) is 0 Å². The van der Waals surface area contributed by atoms with Crippen LogP contribution in [0.25, 0.3) is 0 Å². The van der Waals surface area contributed by atoms with Gasteiger partial charge in [-0.3, -0.25) is 4.79 Å². The molecule has 0 atom stereocenters. The summed E-state index contributed by atoms with van der Waals surface area (Å²) in [6.45, 7) is 1.23. The van der Waals surface area contributed by atoms with Crippen LogP contribution in [0.2, 0.25) is 0 Å². The first kappa shape index (κ1) is 12.6. The summed E-state index contributed by atoms with van der Waals surface area (Å²) in [6.07, 6.45) is 0.796. The molecule has 3 nitrogen and oxygen atoms in total. The molecule has 0 saturated carbocycles. The van der Waals surface area contributed by atoms with E-state index in [4.69, 9.17) is 4.74 Å². The lowest BCUT2D eigenvalue weighted by Crippen LogP contribution is -2.25. The number of carbonyl (C=O) groups excluding carboxylic acids is 1. The Morgan fingerprint density at radius 1 is 1.22 bits per heavy atom. The molecule has 0 fully saturated rings. The van der Waals surface area contributed by atoms with Crippen molar-refractivity contribution in [3.8, 4) is 5.75 Å². The van der Waals surface area contributed by atoms with Crippen LogP contribution in [-0.2, 0) is 0 Å². The number of thiophene rings is 1. The minimum absolute atomic E-state index is 0.0176. The number of hydrogen-bond acceptors (Lipinski definition) is 3. The van der Waals surface area contributed by atoms with Crippen LogP contribution in [0.3, 0.4) is 0 Å². The highest BCUT2D eigenvalue weighted by Crippen LogP contribution is 2.08. The number of benzene rings is 1. The molecule has 4 heteroatoms. The molecule has 1 aromatic heterocycles. The summed E-state index contributed by atoms with van der Waals surface area (Å²) < 4.78 is 5.53. The van der Waals surface area contributed by atoms with Crippen molar-refractivity contribution in [3.05, 3.63) is 52.7 Å². The van der Waals surface area contributed by atoms with Crippen molar-refractivity contribution in [2.75, 3.05) is 13.2 Å². The average molecular weight is 261 g/mol. The van der Waals surface area contributed by atoms with E-state index in [9.17, 15) is 4.79 Å². The van der Waals surface area contributed by atoms with Gasteiger partial charge >= 0.3 is 0 Å². The lowest BCUT2D eigenvalue weighted by Gasteiger charge is -2.06. The molecule has 1 heterocycles. The van der Waals surface area contributed by atoms with Crippen molar-refractivity contribution >= 4 is 17.2 Å². The maximum atomic E-state index is 11.6. The second kappa shape index (κ2) is 6.81. The van der Waals surface area contributed by atoms with E-state index in [-0.39, 0.29) is 5.91 Å². The zero-order valence-electron chi connectivity index (χ0n) is 9.96. The molecule has 0 aliphatic heterocycles. The molecule has 0 bridgehead atoms. The molecule has 1 amide bonds. The van der Waals surface area contributed by atoms with Gasteiger partial charge in [-0.2, -0.15) is 11.3 Å². The van der Waals surface area contributed by atoms with Gasteiger partial charge in [-0.05, 0) is 30.0 Å². The molecule has 1 aromatic carbocycles. The predicted molar refractivity (Wildman–Crippen MR) is 73.2 cm³/mol. The van der Waals surface area contributed by atoms with Crippen molar-refractivity contribution in [2.45, 2.75) is 6.42 Å². The van der Waals surface area contributed by atoms with Gasteiger partial charge in [-0.1, -0.05) is 18.2 Å². The van der Waals surface area contributed by atoms with Gasteiger partial charge < -0.3 is 10.1 Å². The summed E-state index contributed by atoms with van der Waals surface area (Å²) in [4.78, 5) is 11.6. The molecular weight excluding hydrogens is 246 g/mol. The number of para-hydroxylation sites is 1. The van der Waals surface area contributed by atoms with Crippen molar-refractivity contribution in [1.82, 2.24) is 5.32 Å². The molecule has 0 aliphatic carbocycles. The van der Waals surface area contributed by atoms with E-state index in [0.717, 1.165) is 17.7 Å². The zero-order valence-corrected chi connectivity index (χ0v) is 10.8. The van der Waals surface area contributed by atoms with Gasteiger partial charge in [0.2, 0.25) is 0 Å². The smallest absolute Gasteiger partial charge is 0.252 e. The maximum Gasteiger partial charge on any atom is 0.252 e. The van der Waals surface area contributed by atoms with Crippen LogP contribution in [0.15, 0.2) is 47.2 Å². The second-order valence-electron chi connectivity index (χ2n) is 3.78. The molecule has 0 radical (unpaired) electrons. The molecule has 94 valence electrons. The number of hydrogen-bond donors (Lipinski definition) is 1. The van der Waals surface area contributed by atoms with Crippen LogP contribution in [0, 0.1) is 0 Å². The lowest BCUT2D eigenvalue weighted by atomic mass is 10.3. The monoisotopic (exact) mass is 261 g/mol. The van der Waals surface area contributed by atoms with Gasteiger partial charge in [-0.15, -0.1) is 0 Å². The SMILES string of the molecule is O=C(NCCCOc1ccccc1)c1ccsc1. The molecular formula is C14H15NO2S. The highest BCUT2D eigenvalue weighted by molar-refractivity contribution is 7.08. The number of amides is 1. The van der Waals surface area contributed by atoms with Crippen molar-refractivity contribution < 1.29 is 9.53 Å². The van der Waals surface area contributed by atoms with Gasteiger partial charge in [-0.25, -0.2) is 0 Å². The fraction of sp³-hybridized carbons (Fsp3) is 0.214. The molecule has 0 saturated heterocycles. The third-order valence-corrected chi connectivity index (χ3v) is 3.09. The predicted octanol–water partition coefficient (Wildman–Crippen LogP) is 2.95. The van der Waals surface area contributed by atoms with Gasteiger partial charge in [0.05, 0.1) is 6.61 Å². The van der Waals surface area contributed by atoms with E-state index >= 15 is 0 Å². The normalized spacial score (nSPS) is 10.0. The Balaban J connectivity index is 1.61. The fourth-order valence-electron chi connectivity index (χ4n) is 1.48. The highest BCUT2D eigenvalue weighted by atomic mass is 32.1. The molecule has 0 unspecified atom stereocenters. The minimum Gasteiger partial charge on any atom is -0.494 e. The summed E-state index contributed by atoms with van der Waals surface area (Å²) in [7, 11) is 0. The maximum absolute atomic E-state index is 11.6. The van der Waals surface area contributed by atoms with Crippen LogP contribution in [0.1, 0.15) is 16.8 Å². The standard InChI is InChI=1S/C14H15NO2S/c16-14(12-7-10-18-11-12)15-8-4-9-17-13-5-2-1-3-6-13/h1-3,5-7,10-11H,4,8-9H2,(H,15,16). The van der Waals surface area contributed by atoms with Gasteiger partial charge in [0.1, 0.15) is 5.75 Å². The van der Waals surface area contributed by atoms with Crippen LogP contribution < -0.4 is 10.1 Å². The van der Waals surface area contributed by atoms with Crippen molar-refractivity contribution in [3.63, 3.8) is 0 Å². The summed E-state index contributed by atoms with van der Waals surface area (Å²) in [5.41, 5.74) is 0.726. The van der Waals surface area contributed by atoms with Crippen LogP contribution in [-0.4, -0.2) is 19.1 Å².